The summed E-state index contributed by atoms with van der Waals surface area (Å²) in [5.41, 5.74) is 2.68. The summed E-state index contributed by atoms with van der Waals surface area (Å²) < 4.78 is 6.58. The zero-order valence-electron chi connectivity index (χ0n) is 12.3. The Kier molecular flexibility index (Phi) is 4.28. The molecular weight excluding hydrogens is 212 g/mol. The molecule has 0 heterocycles. The van der Waals surface area contributed by atoms with Gasteiger partial charge in [-0.15, -0.1) is 0 Å². The summed E-state index contributed by atoms with van der Waals surface area (Å²) in [6.07, 6.45) is 2.73. The summed E-state index contributed by atoms with van der Waals surface area (Å²) in [7, 11) is -1.60. The second kappa shape index (κ2) is 4.81. The smallest absolute Gasteiger partial charge is 0.200 e. The van der Waals surface area contributed by atoms with E-state index in [0.717, 1.165) is 23.2 Å². The van der Waals surface area contributed by atoms with Crippen molar-refractivity contribution in [2.75, 3.05) is 6.61 Å². The maximum Gasteiger partial charge on any atom is 0.200 e. The second-order valence-corrected chi connectivity index (χ2v) is 12.4. The molecule has 0 aromatic carbocycles. The van der Waals surface area contributed by atoms with E-state index in [2.05, 4.69) is 48.5 Å². The summed E-state index contributed by atoms with van der Waals surface area (Å²) in [5, 5.41) is 0. The molecule has 0 unspecified atom stereocenters. The zero-order chi connectivity index (χ0) is 12.6. The van der Waals surface area contributed by atoms with Crippen LogP contribution >= 0.6 is 0 Å². The van der Waals surface area contributed by atoms with E-state index in [9.17, 15) is 0 Å². The Hall–Kier alpha value is 0.177. The molecule has 1 rings (SSSR count). The molecule has 0 aromatic heterocycles. The van der Waals surface area contributed by atoms with Crippen molar-refractivity contribution in [1.29, 1.82) is 0 Å². The molecule has 0 N–H and O–H groups in total. The van der Waals surface area contributed by atoms with Crippen molar-refractivity contribution in [1.82, 2.24) is 0 Å². The van der Waals surface area contributed by atoms with Crippen molar-refractivity contribution in [2.24, 2.45) is 5.41 Å². The highest BCUT2D eigenvalue weighted by Crippen LogP contribution is 2.49. The van der Waals surface area contributed by atoms with Gasteiger partial charge in [-0.2, -0.15) is 0 Å². The lowest BCUT2D eigenvalue weighted by Crippen LogP contribution is -2.48. The van der Waals surface area contributed by atoms with Gasteiger partial charge in [0.15, 0.2) is 8.32 Å². The van der Waals surface area contributed by atoms with Crippen molar-refractivity contribution in [3.8, 4) is 0 Å². The van der Waals surface area contributed by atoms with E-state index in [0.29, 0.717) is 5.41 Å². The fourth-order valence-electron chi connectivity index (χ4n) is 3.16. The molecule has 0 radical (unpaired) electrons. The minimum Gasteiger partial charge on any atom is -0.415 e. The second-order valence-electron chi connectivity index (χ2n) is 6.92. The van der Waals surface area contributed by atoms with Gasteiger partial charge in [0.2, 0.25) is 0 Å². The molecule has 1 aliphatic carbocycles. The first-order valence-electron chi connectivity index (χ1n) is 6.88. The summed E-state index contributed by atoms with van der Waals surface area (Å²) in [4.78, 5) is 0. The predicted octanol–water partition coefficient (Wildman–Crippen LogP) is 4.98. The monoisotopic (exact) mass is 242 g/mol. The summed E-state index contributed by atoms with van der Waals surface area (Å²) in [6.45, 7) is 17.6. The van der Waals surface area contributed by atoms with Crippen LogP contribution in [-0.2, 0) is 4.43 Å². The van der Waals surface area contributed by atoms with Crippen molar-refractivity contribution >= 4 is 8.32 Å². The van der Waals surface area contributed by atoms with Gasteiger partial charge in [0.05, 0.1) is 0 Å². The van der Waals surface area contributed by atoms with Gasteiger partial charge in [-0.3, -0.25) is 0 Å². The topological polar surface area (TPSA) is 9.23 Å². The number of hydrogen-bond acceptors (Lipinski definition) is 1. The quantitative estimate of drug-likeness (QED) is 0.597. The maximum atomic E-state index is 6.58. The Morgan fingerprint density at radius 3 is 1.56 bits per heavy atom. The molecule has 2 heteroatoms. The van der Waals surface area contributed by atoms with Gasteiger partial charge in [0, 0.05) is 6.61 Å². The molecule has 16 heavy (non-hydrogen) atoms. The van der Waals surface area contributed by atoms with E-state index in [-0.39, 0.29) is 0 Å². The van der Waals surface area contributed by atoms with Gasteiger partial charge in [0.1, 0.15) is 0 Å². The van der Waals surface area contributed by atoms with Gasteiger partial charge in [0.25, 0.3) is 0 Å². The first kappa shape index (κ1) is 14.2. The van der Waals surface area contributed by atoms with Crippen LogP contribution in [0.1, 0.15) is 61.3 Å². The van der Waals surface area contributed by atoms with Gasteiger partial charge in [-0.1, -0.05) is 48.5 Å². The van der Waals surface area contributed by atoms with Crippen LogP contribution in [-0.4, -0.2) is 14.9 Å². The Morgan fingerprint density at radius 2 is 1.31 bits per heavy atom. The summed E-state index contributed by atoms with van der Waals surface area (Å²) >= 11 is 0. The van der Waals surface area contributed by atoms with Crippen LogP contribution in [0.5, 0.6) is 0 Å². The Morgan fingerprint density at radius 1 is 0.938 bits per heavy atom. The van der Waals surface area contributed by atoms with Gasteiger partial charge >= 0.3 is 0 Å². The molecule has 1 nitrogen and oxygen atoms in total. The molecule has 0 aromatic rings. The van der Waals surface area contributed by atoms with Gasteiger partial charge < -0.3 is 4.43 Å². The molecular formula is C14H30OSi. The van der Waals surface area contributed by atoms with Crippen molar-refractivity contribution in [3.05, 3.63) is 0 Å². The van der Waals surface area contributed by atoms with Crippen LogP contribution in [0.4, 0.5) is 0 Å². The molecule has 0 saturated heterocycles. The molecule has 1 fully saturated rings. The average Bonchev–Trinajstić information content (AvgIpc) is 2.83. The first-order chi connectivity index (χ1) is 7.24. The average molecular weight is 242 g/mol. The predicted molar refractivity (Wildman–Crippen MR) is 74.3 cm³/mol. The highest BCUT2D eigenvalue weighted by atomic mass is 28.4. The number of hydrogen-bond donors (Lipinski definition) is 0. The van der Waals surface area contributed by atoms with Crippen molar-refractivity contribution in [2.45, 2.75) is 77.9 Å². The third kappa shape index (κ3) is 2.70. The van der Waals surface area contributed by atoms with E-state index >= 15 is 0 Å². The minimum absolute atomic E-state index is 0.525. The molecule has 1 saturated carbocycles. The first-order valence-corrected chi connectivity index (χ1v) is 9.02. The Bertz CT molecular complexity index is 207. The van der Waals surface area contributed by atoms with E-state index in [1.165, 1.54) is 12.8 Å². The lowest BCUT2D eigenvalue weighted by molar-refractivity contribution is 0.218. The summed E-state index contributed by atoms with van der Waals surface area (Å²) in [6, 6.07) is 0. The van der Waals surface area contributed by atoms with E-state index < -0.39 is 8.32 Å². The summed E-state index contributed by atoms with van der Waals surface area (Å²) in [5.74, 6) is 0. The van der Waals surface area contributed by atoms with E-state index in [4.69, 9.17) is 4.43 Å². The van der Waals surface area contributed by atoms with Crippen LogP contribution < -0.4 is 0 Å². The molecule has 0 spiro atoms. The standard InChI is InChI=1S/C14H30OSi/c1-11(2)16(12(3)4,13(5)6)15-10-14(7)8-9-14/h11-13H,8-10H2,1-7H3. The molecule has 0 bridgehead atoms. The molecule has 0 aliphatic heterocycles. The highest BCUT2D eigenvalue weighted by molar-refractivity contribution is 6.77. The van der Waals surface area contributed by atoms with Crippen molar-refractivity contribution in [3.63, 3.8) is 0 Å². The van der Waals surface area contributed by atoms with Crippen molar-refractivity contribution < 1.29 is 4.43 Å². The number of rotatable bonds is 6. The minimum atomic E-state index is -1.60. The Balaban J connectivity index is 2.75. The molecule has 1 aliphatic rings. The Labute approximate surface area is 103 Å². The highest BCUT2D eigenvalue weighted by Gasteiger charge is 2.48. The van der Waals surface area contributed by atoms with E-state index in [1.54, 1.807) is 0 Å². The van der Waals surface area contributed by atoms with Crippen LogP contribution in [0, 0.1) is 5.41 Å². The maximum absolute atomic E-state index is 6.58. The fourth-order valence-corrected chi connectivity index (χ4v) is 8.76. The lowest BCUT2D eigenvalue weighted by atomic mass is 10.2. The third-order valence-electron chi connectivity index (χ3n) is 4.48. The van der Waals surface area contributed by atoms with Crippen LogP contribution in [0.2, 0.25) is 16.6 Å². The molecule has 96 valence electrons. The largest absolute Gasteiger partial charge is 0.415 e. The van der Waals surface area contributed by atoms with E-state index in [1.807, 2.05) is 0 Å². The van der Waals surface area contributed by atoms with Gasteiger partial charge in [-0.05, 0) is 34.9 Å². The fraction of sp³-hybridized carbons (Fsp3) is 1.00. The molecule has 0 amide bonds. The van der Waals surface area contributed by atoms with Crippen LogP contribution in [0.15, 0.2) is 0 Å². The SMILES string of the molecule is CC(C)[Si](OCC1(C)CC1)(C(C)C)C(C)C. The zero-order valence-corrected chi connectivity index (χ0v) is 13.3. The lowest BCUT2D eigenvalue weighted by Gasteiger charge is -2.42. The van der Waals surface area contributed by atoms with Gasteiger partial charge in [-0.25, -0.2) is 0 Å². The normalized spacial score (nSPS) is 19.9. The third-order valence-corrected chi connectivity index (χ3v) is 10.5. The molecule has 0 atom stereocenters. The van der Waals surface area contributed by atoms with Crippen LogP contribution in [0.3, 0.4) is 0 Å². The van der Waals surface area contributed by atoms with Crippen LogP contribution in [0.25, 0.3) is 0 Å².